The second kappa shape index (κ2) is 9.64. The lowest BCUT2D eigenvalue weighted by Crippen LogP contribution is -2.57. The number of aliphatic hydroxyl groups is 1. The summed E-state index contributed by atoms with van der Waals surface area (Å²) in [5.74, 6) is 1.10. The van der Waals surface area contributed by atoms with Crippen LogP contribution in [-0.2, 0) is 4.79 Å². The summed E-state index contributed by atoms with van der Waals surface area (Å²) in [6, 6.07) is 8.35. The van der Waals surface area contributed by atoms with Gasteiger partial charge in [-0.2, -0.15) is 0 Å². The zero-order chi connectivity index (χ0) is 23.7. The first kappa shape index (κ1) is 23.3. The monoisotopic (exact) mass is 470 g/mol. The van der Waals surface area contributed by atoms with Crippen molar-refractivity contribution in [2.24, 2.45) is 5.41 Å². The summed E-state index contributed by atoms with van der Waals surface area (Å²) in [5, 5.41) is 9.84. The van der Waals surface area contributed by atoms with Gasteiger partial charge >= 0.3 is 6.03 Å². The molecular formula is C26H38N4O4. The van der Waals surface area contributed by atoms with Crippen LogP contribution in [0.4, 0.5) is 10.5 Å². The highest BCUT2D eigenvalue weighted by Crippen LogP contribution is 2.42. The molecule has 1 N–H and O–H groups in total. The number of nitrogens with zero attached hydrogens (tertiary/aromatic N) is 4. The number of hydrogen-bond acceptors (Lipinski definition) is 5. The highest BCUT2D eigenvalue weighted by Gasteiger charge is 2.51. The summed E-state index contributed by atoms with van der Waals surface area (Å²) in [7, 11) is 1.69. The third-order valence-corrected chi connectivity index (χ3v) is 8.48. The number of methoxy groups -OCH3 is 1. The van der Waals surface area contributed by atoms with Gasteiger partial charge in [0.2, 0.25) is 5.91 Å². The smallest absolute Gasteiger partial charge is 0.320 e. The van der Waals surface area contributed by atoms with Crippen molar-refractivity contribution in [3.8, 4) is 5.75 Å². The molecule has 8 heteroatoms. The third kappa shape index (κ3) is 4.32. The van der Waals surface area contributed by atoms with Gasteiger partial charge in [0, 0.05) is 51.9 Å². The maximum atomic E-state index is 13.6. The fraction of sp³-hybridized carbons (Fsp3) is 0.692. The van der Waals surface area contributed by atoms with Gasteiger partial charge in [0.15, 0.2) is 0 Å². The Hall–Kier alpha value is -2.48. The zero-order valence-corrected chi connectivity index (χ0v) is 20.3. The predicted molar refractivity (Wildman–Crippen MR) is 130 cm³/mol. The second-order valence-corrected chi connectivity index (χ2v) is 10.4. The van der Waals surface area contributed by atoms with E-state index in [1.807, 2.05) is 28.0 Å². The van der Waals surface area contributed by atoms with E-state index in [0.29, 0.717) is 19.6 Å². The number of likely N-dealkylation sites (tertiary alicyclic amines) is 2. The Morgan fingerprint density at radius 1 is 0.971 bits per heavy atom. The Bertz CT molecular complexity index is 895. The molecule has 1 aliphatic carbocycles. The molecule has 34 heavy (non-hydrogen) atoms. The van der Waals surface area contributed by atoms with Crippen molar-refractivity contribution in [1.82, 2.24) is 14.7 Å². The van der Waals surface area contributed by atoms with Crippen LogP contribution < -0.4 is 9.64 Å². The van der Waals surface area contributed by atoms with Crippen molar-refractivity contribution in [1.29, 1.82) is 0 Å². The highest BCUT2D eigenvalue weighted by atomic mass is 16.5. The van der Waals surface area contributed by atoms with Crippen LogP contribution in [0.3, 0.4) is 0 Å². The van der Waals surface area contributed by atoms with Crippen LogP contribution in [0.25, 0.3) is 0 Å². The minimum absolute atomic E-state index is 0.0748. The van der Waals surface area contributed by atoms with Crippen molar-refractivity contribution < 1.29 is 19.4 Å². The number of aliphatic hydroxyl groups excluding tert-OH is 1. The van der Waals surface area contributed by atoms with Crippen LogP contribution in [0.5, 0.6) is 5.75 Å². The van der Waals surface area contributed by atoms with Crippen molar-refractivity contribution in [3.05, 3.63) is 24.3 Å². The van der Waals surface area contributed by atoms with Crippen LogP contribution in [-0.4, -0.2) is 96.8 Å². The van der Waals surface area contributed by atoms with Gasteiger partial charge in [-0.05, 0) is 57.1 Å². The Morgan fingerprint density at radius 2 is 1.71 bits per heavy atom. The first-order chi connectivity index (χ1) is 16.5. The third-order valence-electron chi connectivity index (χ3n) is 8.48. The molecule has 5 rings (SSSR count). The van der Waals surface area contributed by atoms with Gasteiger partial charge in [-0.25, -0.2) is 4.79 Å². The molecule has 1 aromatic carbocycles. The summed E-state index contributed by atoms with van der Waals surface area (Å²) >= 11 is 0. The van der Waals surface area contributed by atoms with E-state index < -0.39 is 5.41 Å². The van der Waals surface area contributed by atoms with E-state index in [1.54, 1.807) is 7.11 Å². The summed E-state index contributed by atoms with van der Waals surface area (Å²) in [4.78, 5) is 35.2. The molecule has 3 aliphatic heterocycles. The van der Waals surface area contributed by atoms with Crippen molar-refractivity contribution in [3.63, 3.8) is 0 Å². The quantitative estimate of drug-likeness (QED) is 0.735. The molecule has 1 spiro atoms. The Balaban J connectivity index is 1.19. The number of urea groups is 1. The maximum Gasteiger partial charge on any atom is 0.320 e. The molecule has 1 atom stereocenters. The van der Waals surface area contributed by atoms with Crippen molar-refractivity contribution >= 4 is 17.6 Å². The molecule has 4 fully saturated rings. The van der Waals surface area contributed by atoms with Crippen LogP contribution in [0.1, 0.15) is 44.9 Å². The van der Waals surface area contributed by atoms with E-state index in [4.69, 9.17) is 4.74 Å². The topological polar surface area (TPSA) is 76.6 Å². The Labute approximate surface area is 202 Å². The SMILES string of the molecule is COc1ccccc1N1CCN(C(=O)N2CCCC3(CCN([C@H]4CC[C@H](O)CC4)C3=O)C2)CC1. The molecule has 186 valence electrons. The van der Waals surface area contributed by atoms with Gasteiger partial charge in [-0.1, -0.05) is 12.1 Å². The molecule has 1 unspecified atom stereocenters. The van der Waals surface area contributed by atoms with E-state index in [1.165, 1.54) is 0 Å². The van der Waals surface area contributed by atoms with E-state index >= 15 is 0 Å². The number of ether oxygens (including phenoxy) is 1. The van der Waals surface area contributed by atoms with Crippen LogP contribution in [0.2, 0.25) is 0 Å². The lowest BCUT2D eigenvalue weighted by Gasteiger charge is -2.43. The lowest BCUT2D eigenvalue weighted by atomic mass is 9.78. The summed E-state index contributed by atoms with van der Waals surface area (Å²) in [6.07, 6.45) is 5.74. The van der Waals surface area contributed by atoms with Gasteiger partial charge < -0.3 is 29.4 Å². The van der Waals surface area contributed by atoms with E-state index in [2.05, 4.69) is 15.9 Å². The van der Waals surface area contributed by atoms with Crippen molar-refractivity contribution in [2.45, 2.75) is 57.1 Å². The summed E-state index contributed by atoms with van der Waals surface area (Å²) in [5.41, 5.74) is 0.657. The molecule has 0 radical (unpaired) electrons. The summed E-state index contributed by atoms with van der Waals surface area (Å²) in [6.45, 7) is 4.95. The number of hydrogen-bond donors (Lipinski definition) is 1. The van der Waals surface area contributed by atoms with Gasteiger partial charge in [-0.15, -0.1) is 0 Å². The number of amides is 3. The first-order valence-electron chi connectivity index (χ1n) is 12.9. The minimum atomic E-state index is -0.413. The van der Waals surface area contributed by atoms with E-state index in [-0.39, 0.29) is 24.1 Å². The number of para-hydroxylation sites is 2. The van der Waals surface area contributed by atoms with E-state index in [9.17, 15) is 14.7 Å². The number of carbonyl (C=O) groups is 2. The molecule has 1 aromatic rings. The first-order valence-corrected chi connectivity index (χ1v) is 12.9. The largest absolute Gasteiger partial charge is 0.495 e. The molecule has 3 amide bonds. The number of anilines is 1. The number of benzene rings is 1. The predicted octanol–water partition coefficient (Wildman–Crippen LogP) is 2.56. The number of piperazine rings is 1. The maximum absolute atomic E-state index is 13.6. The number of rotatable bonds is 3. The van der Waals surface area contributed by atoms with Crippen LogP contribution in [0.15, 0.2) is 24.3 Å². The second-order valence-electron chi connectivity index (χ2n) is 10.4. The van der Waals surface area contributed by atoms with E-state index in [0.717, 1.165) is 82.6 Å². The highest BCUT2D eigenvalue weighted by molar-refractivity contribution is 5.86. The molecule has 4 aliphatic rings. The normalized spacial score (nSPS) is 30.2. The average Bonchev–Trinajstić information content (AvgIpc) is 3.19. The van der Waals surface area contributed by atoms with Crippen molar-refractivity contribution in [2.75, 3.05) is 57.8 Å². The minimum Gasteiger partial charge on any atom is -0.495 e. The standard InChI is InChI=1S/C26H38N4O4/c1-34-23-6-3-2-5-22(23)27-15-17-28(18-16-27)25(33)29-13-4-11-26(19-29)12-14-30(24(26)32)20-7-9-21(31)10-8-20/h2-3,5-6,20-21,31H,4,7-19H2,1H3/t20-,21-,26?. The van der Waals surface area contributed by atoms with Gasteiger partial charge in [-0.3, -0.25) is 4.79 Å². The lowest BCUT2D eigenvalue weighted by molar-refractivity contribution is -0.141. The molecular weight excluding hydrogens is 432 g/mol. The molecule has 0 bridgehead atoms. The Kier molecular flexibility index (Phi) is 6.60. The fourth-order valence-electron chi connectivity index (χ4n) is 6.47. The fourth-order valence-corrected chi connectivity index (χ4v) is 6.47. The van der Waals surface area contributed by atoms with Gasteiger partial charge in [0.05, 0.1) is 24.3 Å². The zero-order valence-electron chi connectivity index (χ0n) is 20.3. The molecule has 0 aromatic heterocycles. The summed E-state index contributed by atoms with van der Waals surface area (Å²) < 4.78 is 5.51. The van der Waals surface area contributed by atoms with Crippen LogP contribution >= 0.6 is 0 Å². The van der Waals surface area contributed by atoms with Gasteiger partial charge in [0.25, 0.3) is 0 Å². The number of carbonyl (C=O) groups excluding carboxylic acids is 2. The molecule has 3 heterocycles. The van der Waals surface area contributed by atoms with Crippen LogP contribution in [0, 0.1) is 5.41 Å². The molecule has 3 saturated heterocycles. The average molecular weight is 471 g/mol. The van der Waals surface area contributed by atoms with Gasteiger partial charge in [0.1, 0.15) is 5.75 Å². The molecule has 1 saturated carbocycles. The Morgan fingerprint density at radius 3 is 2.44 bits per heavy atom. The number of piperidine rings is 1. The molecule has 8 nitrogen and oxygen atoms in total.